The van der Waals surface area contributed by atoms with E-state index in [9.17, 15) is 19.2 Å². The Kier molecular flexibility index (Phi) is 8.46. The zero-order valence-corrected chi connectivity index (χ0v) is 24.3. The van der Waals surface area contributed by atoms with Crippen LogP contribution in [0.4, 0.5) is 4.39 Å². The molecule has 0 aromatic heterocycles. The summed E-state index contributed by atoms with van der Waals surface area (Å²) >= 11 is 0. The quantitative estimate of drug-likeness (QED) is 0.484. The second kappa shape index (κ2) is 12.1. The maximum atomic E-state index is 14.4. The van der Waals surface area contributed by atoms with E-state index in [1.54, 1.807) is 11.0 Å². The molecule has 0 radical (unpaired) electrons. The average Bonchev–Trinajstić information content (AvgIpc) is 3.41. The first-order valence-corrected chi connectivity index (χ1v) is 15.2. The lowest BCUT2D eigenvalue weighted by Crippen LogP contribution is -2.75. The number of hydrogen-bond donors (Lipinski definition) is 2. The van der Waals surface area contributed by atoms with Crippen LogP contribution in [0.2, 0.25) is 0 Å². The van der Waals surface area contributed by atoms with Crippen LogP contribution in [0.25, 0.3) is 0 Å². The third-order valence-corrected chi connectivity index (χ3v) is 10.1. The van der Waals surface area contributed by atoms with Gasteiger partial charge in [-0.1, -0.05) is 12.6 Å². The van der Waals surface area contributed by atoms with Gasteiger partial charge in [0.25, 0.3) is 0 Å². The van der Waals surface area contributed by atoms with Gasteiger partial charge in [-0.3, -0.25) is 25.1 Å². The molecule has 1 saturated carbocycles. The van der Waals surface area contributed by atoms with E-state index in [-0.39, 0.29) is 48.7 Å². The molecular weight excluding hydrogens is 539 g/mol. The molecule has 1 amide bonds. The van der Waals surface area contributed by atoms with Crippen molar-refractivity contribution in [1.82, 2.24) is 25.3 Å². The fraction of sp³-hybridized carbons (Fsp3) is 0.645. The highest BCUT2D eigenvalue weighted by Gasteiger charge is 2.56. The van der Waals surface area contributed by atoms with Crippen LogP contribution in [-0.4, -0.2) is 102 Å². The number of likely N-dealkylation sites (tertiary alicyclic amines) is 1. The Labute approximate surface area is 246 Å². The third kappa shape index (κ3) is 5.52. The van der Waals surface area contributed by atoms with Crippen LogP contribution in [-0.2, 0) is 32.1 Å². The van der Waals surface area contributed by atoms with Crippen LogP contribution in [0.3, 0.4) is 0 Å². The van der Waals surface area contributed by atoms with Gasteiger partial charge in [0, 0.05) is 38.0 Å². The molecule has 4 aliphatic heterocycles. The predicted molar refractivity (Wildman–Crippen MR) is 152 cm³/mol. The van der Waals surface area contributed by atoms with Gasteiger partial charge < -0.3 is 19.3 Å². The number of amides is 1. The van der Waals surface area contributed by atoms with E-state index in [4.69, 9.17) is 9.47 Å². The van der Waals surface area contributed by atoms with Crippen LogP contribution >= 0.6 is 0 Å². The fourth-order valence-electron chi connectivity index (χ4n) is 7.68. The van der Waals surface area contributed by atoms with Crippen LogP contribution in [0, 0.1) is 23.1 Å². The molecule has 1 aromatic rings. The number of Topliss-reactive ketones (excluding diaryl/α,β-unsaturated/α-hetero) is 1. The van der Waals surface area contributed by atoms with Gasteiger partial charge in [-0.05, 0) is 68.6 Å². The minimum Gasteiger partial charge on any atom is -0.362 e. The number of benzene rings is 1. The molecule has 0 bridgehead atoms. The second-order valence-corrected chi connectivity index (χ2v) is 12.4. The summed E-state index contributed by atoms with van der Waals surface area (Å²) in [6.07, 6.45) is 4.59. The van der Waals surface area contributed by atoms with E-state index < -0.39 is 18.0 Å². The number of likely N-dealkylation sites (N-methyl/N-ethyl adjacent to an activating group) is 1. The Balaban J connectivity index is 1.24. The number of carbonyl (C=O) groups excluding carboxylic acids is 2. The topological polar surface area (TPSA) is 110 Å². The molecule has 5 aliphatic rings. The molecule has 10 nitrogen and oxygen atoms in total. The number of hydrogen-bond acceptors (Lipinski definition) is 9. The SMILES string of the molecule is C=CC(=O)N1CCN(C2NC(OCC3CCCN3C)NC3C(=O)[C@@]4(CCC32)Cc2cc(F)ccc2CO4)CC1CC#N. The van der Waals surface area contributed by atoms with Crippen molar-refractivity contribution in [2.45, 2.75) is 81.4 Å². The Bertz CT molecular complexity index is 1260. The number of nitrogens with one attached hydrogen (secondary N) is 2. The summed E-state index contributed by atoms with van der Waals surface area (Å²) in [5.74, 6) is -0.563. The standard InChI is InChI=1S/C31H41FN6O4/c1-3-26(39)38-14-13-37(17-23(38)9-11-33)29-25-8-10-31(16-21-15-22(32)7-6-20(21)18-42-31)28(40)27(25)34-30(35-29)41-19-24-5-4-12-36(24)2/h3,6-7,15,23-25,27,29-30,34-35H,1,4-5,8-10,12-14,16-19H2,2H3/t23?,24?,25?,27?,29?,30?,31-/m1/s1. The van der Waals surface area contributed by atoms with Crippen molar-refractivity contribution < 1.29 is 23.5 Å². The van der Waals surface area contributed by atoms with Crippen LogP contribution in [0.5, 0.6) is 0 Å². The van der Waals surface area contributed by atoms with Gasteiger partial charge in [-0.2, -0.15) is 5.26 Å². The van der Waals surface area contributed by atoms with E-state index in [2.05, 4.69) is 40.1 Å². The lowest BCUT2D eigenvalue weighted by atomic mass is 9.68. The maximum Gasteiger partial charge on any atom is 0.246 e. The van der Waals surface area contributed by atoms with Crippen molar-refractivity contribution in [2.75, 3.05) is 39.8 Å². The molecule has 1 aliphatic carbocycles. The zero-order valence-electron chi connectivity index (χ0n) is 24.3. The Morgan fingerprint density at radius 2 is 2.12 bits per heavy atom. The van der Waals surface area contributed by atoms with Crippen LogP contribution in [0.15, 0.2) is 30.9 Å². The lowest BCUT2D eigenvalue weighted by molar-refractivity contribution is -0.173. The summed E-state index contributed by atoms with van der Waals surface area (Å²) in [6.45, 7) is 7.07. The van der Waals surface area contributed by atoms with E-state index in [0.717, 1.165) is 36.9 Å². The van der Waals surface area contributed by atoms with Crippen molar-refractivity contribution in [1.29, 1.82) is 5.26 Å². The monoisotopic (exact) mass is 580 g/mol. The first kappa shape index (κ1) is 29.4. The van der Waals surface area contributed by atoms with E-state index in [0.29, 0.717) is 45.1 Å². The van der Waals surface area contributed by atoms with Crippen LogP contribution in [0.1, 0.15) is 43.2 Å². The molecule has 7 atom stereocenters. The smallest absolute Gasteiger partial charge is 0.246 e. The number of ether oxygens (including phenoxy) is 2. The zero-order chi connectivity index (χ0) is 29.4. The van der Waals surface area contributed by atoms with Gasteiger partial charge in [0.05, 0.1) is 44.0 Å². The number of rotatable bonds is 6. The molecule has 2 N–H and O–H groups in total. The summed E-state index contributed by atoms with van der Waals surface area (Å²) in [7, 11) is 2.11. The molecule has 1 spiro atoms. The highest BCUT2D eigenvalue weighted by Crippen LogP contribution is 2.42. The summed E-state index contributed by atoms with van der Waals surface area (Å²) in [5, 5.41) is 16.6. The fourth-order valence-corrected chi connectivity index (χ4v) is 7.68. The average molecular weight is 581 g/mol. The maximum absolute atomic E-state index is 14.4. The summed E-state index contributed by atoms with van der Waals surface area (Å²) in [5.41, 5.74) is 0.745. The predicted octanol–water partition coefficient (Wildman–Crippen LogP) is 1.51. The number of halogens is 1. The van der Waals surface area contributed by atoms with Crippen molar-refractivity contribution in [3.05, 3.63) is 47.8 Å². The molecule has 6 unspecified atom stereocenters. The summed E-state index contributed by atoms with van der Waals surface area (Å²) < 4.78 is 26.8. The number of nitriles is 1. The molecular formula is C31H41FN6O4. The molecule has 4 heterocycles. The number of ketones is 1. The van der Waals surface area contributed by atoms with Gasteiger partial charge in [-0.25, -0.2) is 4.39 Å². The number of piperazine rings is 1. The van der Waals surface area contributed by atoms with E-state index in [1.165, 1.54) is 18.2 Å². The van der Waals surface area contributed by atoms with Crippen molar-refractivity contribution in [2.24, 2.45) is 5.92 Å². The van der Waals surface area contributed by atoms with Crippen molar-refractivity contribution in [3.8, 4) is 6.07 Å². The van der Waals surface area contributed by atoms with Gasteiger partial charge in [0.2, 0.25) is 5.91 Å². The Hall–Kier alpha value is -2.72. The number of nitrogens with zero attached hydrogens (tertiary/aromatic N) is 4. The molecule has 6 rings (SSSR count). The van der Waals surface area contributed by atoms with Gasteiger partial charge in [-0.15, -0.1) is 0 Å². The molecule has 11 heteroatoms. The largest absolute Gasteiger partial charge is 0.362 e. The van der Waals surface area contributed by atoms with Gasteiger partial charge in [0.15, 0.2) is 12.1 Å². The molecule has 1 aromatic carbocycles. The first-order valence-electron chi connectivity index (χ1n) is 15.2. The normalized spacial score (nSPS) is 35.5. The molecule has 226 valence electrons. The van der Waals surface area contributed by atoms with Crippen LogP contribution < -0.4 is 10.6 Å². The van der Waals surface area contributed by atoms with Crippen molar-refractivity contribution >= 4 is 11.7 Å². The summed E-state index contributed by atoms with van der Waals surface area (Å²) in [6, 6.07) is 6.47. The molecule has 4 fully saturated rings. The van der Waals surface area contributed by atoms with E-state index >= 15 is 0 Å². The van der Waals surface area contributed by atoms with Crippen molar-refractivity contribution in [3.63, 3.8) is 0 Å². The van der Waals surface area contributed by atoms with Gasteiger partial charge >= 0.3 is 0 Å². The van der Waals surface area contributed by atoms with E-state index in [1.807, 2.05) is 0 Å². The second-order valence-electron chi connectivity index (χ2n) is 12.4. The summed E-state index contributed by atoms with van der Waals surface area (Å²) in [4.78, 5) is 33.2. The highest BCUT2D eigenvalue weighted by atomic mass is 19.1. The third-order valence-electron chi connectivity index (χ3n) is 10.1. The molecule has 42 heavy (non-hydrogen) atoms. The minimum absolute atomic E-state index is 0.0132. The van der Waals surface area contributed by atoms with Gasteiger partial charge in [0.1, 0.15) is 11.4 Å². The number of carbonyl (C=O) groups is 2. The molecule has 3 saturated heterocycles. The number of fused-ring (bicyclic) bond motifs is 2. The lowest BCUT2D eigenvalue weighted by Gasteiger charge is -2.55. The minimum atomic E-state index is -1.01. The Morgan fingerprint density at radius 3 is 2.88 bits per heavy atom. The first-order chi connectivity index (χ1) is 20.3. The Morgan fingerprint density at radius 1 is 1.26 bits per heavy atom. The highest BCUT2D eigenvalue weighted by molar-refractivity contribution is 5.94.